The van der Waals surface area contributed by atoms with Crippen LogP contribution in [0.1, 0.15) is 40.0 Å². The van der Waals surface area contributed by atoms with E-state index in [1.807, 2.05) is 12.2 Å². The van der Waals surface area contributed by atoms with Crippen LogP contribution in [0.25, 0.3) is 0 Å². The topological polar surface area (TPSA) is 121 Å². The van der Waals surface area contributed by atoms with Gasteiger partial charge in [-0.3, -0.25) is 24.7 Å². The summed E-state index contributed by atoms with van der Waals surface area (Å²) in [6, 6.07) is 4.52. The highest BCUT2D eigenvalue weighted by Crippen LogP contribution is 2.35. The number of nitrogens with zero attached hydrogens (tertiary/aromatic N) is 4. The number of nitro benzene ring substituents is 1. The zero-order chi connectivity index (χ0) is 24.9. The highest BCUT2D eigenvalue weighted by Gasteiger charge is 2.31. The fraction of sp³-hybridized carbons (Fsp3) is 0.375. The third-order valence-electron chi connectivity index (χ3n) is 6.19. The molecule has 0 saturated carbocycles. The molecular formula is C24H27BrN6O4. The van der Waals surface area contributed by atoms with E-state index in [1.165, 1.54) is 12.3 Å². The molecule has 1 atom stereocenters. The molecule has 1 aromatic carbocycles. The zero-order valence-electron chi connectivity index (χ0n) is 19.4. The molecule has 0 bridgehead atoms. The summed E-state index contributed by atoms with van der Waals surface area (Å²) >= 11 is 3.32. The summed E-state index contributed by atoms with van der Waals surface area (Å²) in [5.74, 6) is -0.414. The first-order valence-electron chi connectivity index (χ1n) is 11.5. The minimum atomic E-state index is -0.485. The molecule has 35 heavy (non-hydrogen) atoms. The van der Waals surface area contributed by atoms with E-state index in [0.717, 1.165) is 18.5 Å². The van der Waals surface area contributed by atoms with Gasteiger partial charge in [0.05, 0.1) is 21.7 Å². The van der Waals surface area contributed by atoms with E-state index in [-0.39, 0.29) is 34.8 Å². The number of hydrogen-bond donors (Lipinski definition) is 2. The molecule has 0 spiro atoms. The predicted octanol–water partition coefficient (Wildman–Crippen LogP) is 3.91. The Labute approximate surface area is 211 Å². The lowest BCUT2D eigenvalue weighted by molar-refractivity contribution is -0.384. The van der Waals surface area contributed by atoms with Crippen molar-refractivity contribution in [3.63, 3.8) is 0 Å². The monoisotopic (exact) mass is 542 g/mol. The van der Waals surface area contributed by atoms with E-state index in [0.29, 0.717) is 42.6 Å². The van der Waals surface area contributed by atoms with Gasteiger partial charge in [0.25, 0.3) is 17.5 Å². The molecule has 11 heteroatoms. The lowest BCUT2D eigenvalue weighted by atomic mass is 10.0. The Morgan fingerprint density at radius 2 is 1.97 bits per heavy atom. The van der Waals surface area contributed by atoms with E-state index in [2.05, 4.69) is 31.5 Å². The number of nitro groups is 1. The van der Waals surface area contributed by atoms with Crippen LogP contribution < -0.4 is 10.6 Å². The van der Waals surface area contributed by atoms with Crippen molar-refractivity contribution in [2.24, 2.45) is 0 Å². The quantitative estimate of drug-likeness (QED) is 0.322. The number of nitrogens with one attached hydrogen (secondary N) is 2. The van der Waals surface area contributed by atoms with Crippen LogP contribution in [-0.2, 0) is 0 Å². The number of anilines is 2. The van der Waals surface area contributed by atoms with Gasteiger partial charge in [0.2, 0.25) is 0 Å². The molecule has 0 radical (unpaired) electrons. The minimum Gasteiger partial charge on any atom is -0.387 e. The molecule has 1 aromatic heterocycles. The average molecular weight is 543 g/mol. The van der Waals surface area contributed by atoms with Gasteiger partial charge in [-0.05, 0) is 31.4 Å². The molecular weight excluding hydrogens is 516 g/mol. The van der Waals surface area contributed by atoms with Crippen molar-refractivity contribution >= 4 is 44.8 Å². The smallest absolute Gasteiger partial charge is 0.294 e. The summed E-state index contributed by atoms with van der Waals surface area (Å²) < 4.78 is 0.461. The van der Waals surface area contributed by atoms with E-state index < -0.39 is 4.92 Å². The van der Waals surface area contributed by atoms with Gasteiger partial charge in [0, 0.05) is 62.2 Å². The Kier molecular flexibility index (Phi) is 7.64. The van der Waals surface area contributed by atoms with Gasteiger partial charge in [0.15, 0.2) is 0 Å². The van der Waals surface area contributed by atoms with Gasteiger partial charge in [-0.1, -0.05) is 28.1 Å². The van der Waals surface area contributed by atoms with Crippen molar-refractivity contribution in [3.8, 4) is 0 Å². The Morgan fingerprint density at radius 3 is 2.69 bits per heavy atom. The number of likely N-dealkylation sites (tertiary alicyclic amines) is 1. The second kappa shape index (κ2) is 10.9. The summed E-state index contributed by atoms with van der Waals surface area (Å²) in [4.78, 5) is 45.4. The number of aromatic nitrogens is 1. The molecule has 184 valence electrons. The van der Waals surface area contributed by atoms with E-state index in [4.69, 9.17) is 0 Å². The van der Waals surface area contributed by atoms with Gasteiger partial charge in [0.1, 0.15) is 5.69 Å². The summed E-state index contributed by atoms with van der Waals surface area (Å²) in [6.07, 6.45) is 9.29. The van der Waals surface area contributed by atoms with Crippen molar-refractivity contribution in [2.45, 2.75) is 25.3 Å². The summed E-state index contributed by atoms with van der Waals surface area (Å²) in [5.41, 5.74) is 1.47. The number of hydrogen-bond acceptors (Lipinski definition) is 7. The van der Waals surface area contributed by atoms with Gasteiger partial charge < -0.3 is 20.4 Å². The fourth-order valence-corrected chi connectivity index (χ4v) is 4.86. The maximum Gasteiger partial charge on any atom is 0.294 e. The van der Waals surface area contributed by atoms with Crippen LogP contribution in [-0.4, -0.2) is 70.8 Å². The van der Waals surface area contributed by atoms with Crippen LogP contribution in [0.3, 0.4) is 0 Å². The van der Waals surface area contributed by atoms with Gasteiger partial charge in [-0.2, -0.15) is 0 Å². The molecule has 10 nitrogen and oxygen atoms in total. The zero-order valence-corrected chi connectivity index (χ0v) is 21.0. The van der Waals surface area contributed by atoms with Crippen molar-refractivity contribution in [3.05, 3.63) is 68.5 Å². The molecule has 4 rings (SSSR count). The van der Waals surface area contributed by atoms with Crippen molar-refractivity contribution in [1.29, 1.82) is 0 Å². The highest BCUT2D eigenvalue weighted by atomic mass is 79.9. The van der Waals surface area contributed by atoms with Gasteiger partial charge in [-0.15, -0.1) is 0 Å². The molecule has 3 heterocycles. The maximum atomic E-state index is 13.3. The number of pyridine rings is 1. The van der Waals surface area contributed by atoms with E-state index >= 15 is 0 Å². The number of carbonyl (C=O) groups is 2. The second-order valence-corrected chi connectivity index (χ2v) is 9.48. The first-order chi connectivity index (χ1) is 16.9. The summed E-state index contributed by atoms with van der Waals surface area (Å²) in [6.45, 7) is 1.95. The number of piperidine rings is 1. The van der Waals surface area contributed by atoms with Crippen LogP contribution in [0.4, 0.5) is 17.1 Å². The Morgan fingerprint density at radius 1 is 1.14 bits per heavy atom. The minimum absolute atomic E-state index is 0.150. The molecule has 2 amide bonds. The summed E-state index contributed by atoms with van der Waals surface area (Å²) in [7, 11) is 1.76. The van der Waals surface area contributed by atoms with Crippen LogP contribution in [0.15, 0.2) is 47.2 Å². The second-order valence-electron chi connectivity index (χ2n) is 8.56. The standard InChI is InChI=1S/C24H27BrN6O4/c1-26-19-10-16(13-27-14-19)23(32)30-9-5-6-18(15-30)28-22-20(11-17(25)12-21(22)31(34)35)24(33)29-7-3-2-4-8-29/h2-3,10-14,18,26,28H,4-9,15H2,1H3/t18-/m1/s1. The van der Waals surface area contributed by atoms with E-state index in [9.17, 15) is 19.7 Å². The molecule has 0 unspecified atom stereocenters. The number of halogens is 1. The molecule has 2 N–H and O–H groups in total. The van der Waals surface area contributed by atoms with Crippen LogP contribution in [0.5, 0.6) is 0 Å². The SMILES string of the molecule is CNc1cncc(C(=O)N2CCC[C@@H](Nc3c(C(=O)N4CC=CCC4)cc(Br)cc3[N+](=O)[O-])C2)c1. The molecule has 2 aliphatic heterocycles. The van der Waals surface area contributed by atoms with Crippen LogP contribution in [0.2, 0.25) is 0 Å². The largest absolute Gasteiger partial charge is 0.387 e. The van der Waals surface area contributed by atoms with Crippen molar-refractivity contribution in [1.82, 2.24) is 14.8 Å². The Balaban J connectivity index is 1.59. The van der Waals surface area contributed by atoms with Crippen LogP contribution in [0, 0.1) is 10.1 Å². The van der Waals surface area contributed by atoms with Gasteiger partial charge >= 0.3 is 0 Å². The number of rotatable bonds is 6. The lowest BCUT2D eigenvalue weighted by Gasteiger charge is -2.34. The normalized spacial score (nSPS) is 17.7. The molecule has 2 aromatic rings. The Bertz CT molecular complexity index is 1170. The third kappa shape index (κ3) is 5.61. The van der Waals surface area contributed by atoms with E-state index in [1.54, 1.807) is 35.2 Å². The Hall–Kier alpha value is -3.47. The van der Waals surface area contributed by atoms with Gasteiger partial charge in [-0.25, -0.2) is 0 Å². The number of benzene rings is 1. The third-order valence-corrected chi connectivity index (χ3v) is 6.64. The first kappa shape index (κ1) is 24.6. The maximum absolute atomic E-state index is 13.3. The molecule has 1 fully saturated rings. The molecule has 0 aliphatic carbocycles. The van der Waals surface area contributed by atoms with Crippen molar-refractivity contribution in [2.75, 3.05) is 43.9 Å². The fourth-order valence-electron chi connectivity index (χ4n) is 4.41. The molecule has 1 saturated heterocycles. The lowest BCUT2D eigenvalue weighted by Crippen LogP contribution is -2.45. The summed E-state index contributed by atoms with van der Waals surface area (Å²) in [5, 5.41) is 18.1. The number of amides is 2. The molecule has 2 aliphatic rings. The predicted molar refractivity (Wildman–Crippen MR) is 137 cm³/mol. The van der Waals surface area contributed by atoms with Crippen molar-refractivity contribution < 1.29 is 14.5 Å². The highest BCUT2D eigenvalue weighted by molar-refractivity contribution is 9.10. The number of carbonyl (C=O) groups excluding carboxylic acids is 2. The van der Waals surface area contributed by atoms with Crippen LogP contribution >= 0.6 is 15.9 Å². The first-order valence-corrected chi connectivity index (χ1v) is 12.3. The average Bonchev–Trinajstić information content (AvgIpc) is 2.89.